The van der Waals surface area contributed by atoms with Crippen LogP contribution in [0.3, 0.4) is 0 Å². The number of carboxylic acid groups (broad SMARTS) is 1. The summed E-state index contributed by atoms with van der Waals surface area (Å²) in [4.78, 5) is 22.6. The molecule has 0 fully saturated rings. The van der Waals surface area contributed by atoms with Crippen molar-refractivity contribution in [3.05, 3.63) is 54.3 Å². The minimum absolute atomic E-state index is 0.0510. The maximum Gasteiger partial charge on any atom is 0.335 e. The molecule has 1 aromatic carbocycles. The minimum atomic E-state index is -1.09. The lowest BCUT2D eigenvalue weighted by Crippen LogP contribution is -2.17. The van der Waals surface area contributed by atoms with Crippen molar-refractivity contribution in [3.8, 4) is 6.07 Å². The molecule has 102 valence electrons. The molecule has 0 radical (unpaired) electrons. The highest BCUT2D eigenvalue weighted by Gasteiger charge is 2.10. The van der Waals surface area contributed by atoms with E-state index in [0.29, 0.717) is 12.2 Å². The third kappa shape index (κ3) is 4.31. The van der Waals surface area contributed by atoms with Crippen molar-refractivity contribution in [1.29, 1.82) is 5.26 Å². The largest absolute Gasteiger partial charge is 0.478 e. The summed E-state index contributed by atoms with van der Waals surface area (Å²) in [5, 5.41) is 22.9. The summed E-state index contributed by atoms with van der Waals surface area (Å²) in [5.74, 6) is -1.71. The van der Waals surface area contributed by atoms with Gasteiger partial charge in [0.2, 0.25) is 0 Å². The monoisotopic (exact) mass is 271 g/mol. The van der Waals surface area contributed by atoms with E-state index in [4.69, 9.17) is 10.4 Å². The van der Waals surface area contributed by atoms with Crippen LogP contribution in [0.4, 0.5) is 5.69 Å². The molecule has 0 heterocycles. The van der Waals surface area contributed by atoms with Gasteiger partial charge in [-0.1, -0.05) is 12.1 Å². The summed E-state index contributed by atoms with van der Waals surface area (Å²) in [6.45, 7) is 3.91. The van der Waals surface area contributed by atoms with Gasteiger partial charge in [-0.3, -0.25) is 4.79 Å². The standard InChI is InChI=1S/C14H13N3O3/c1-2-6-16-9-11(8-15)13(18)17-12-5-3-4-10(7-12)14(19)20/h2-5,7,9,16H,1,6H2,(H,17,18)(H,19,20)/b11-9-. The molecule has 0 aliphatic heterocycles. The first-order valence-corrected chi connectivity index (χ1v) is 5.67. The second kappa shape index (κ2) is 7.38. The van der Waals surface area contributed by atoms with E-state index in [-0.39, 0.29) is 11.1 Å². The molecular formula is C14H13N3O3. The first kappa shape index (κ1) is 15.0. The number of rotatable bonds is 6. The number of carboxylic acids is 1. The van der Waals surface area contributed by atoms with Crippen LogP contribution < -0.4 is 10.6 Å². The number of anilines is 1. The SMILES string of the molecule is C=CCN/C=C(/C#N)C(=O)Nc1cccc(C(=O)O)c1. The number of nitrogens with one attached hydrogen (secondary N) is 2. The van der Waals surface area contributed by atoms with Crippen molar-refractivity contribution in [1.82, 2.24) is 5.32 Å². The van der Waals surface area contributed by atoms with Crippen LogP contribution in [0, 0.1) is 11.3 Å². The molecular weight excluding hydrogens is 258 g/mol. The van der Waals surface area contributed by atoms with Gasteiger partial charge in [0.15, 0.2) is 0 Å². The van der Waals surface area contributed by atoms with Crippen LogP contribution >= 0.6 is 0 Å². The number of carbonyl (C=O) groups excluding carboxylic acids is 1. The van der Waals surface area contributed by atoms with Crippen molar-refractivity contribution in [2.24, 2.45) is 0 Å². The molecule has 0 spiro atoms. The molecule has 0 atom stereocenters. The Labute approximate surface area is 116 Å². The van der Waals surface area contributed by atoms with Gasteiger partial charge in [0, 0.05) is 18.4 Å². The molecule has 0 unspecified atom stereocenters. The zero-order valence-electron chi connectivity index (χ0n) is 10.6. The molecule has 1 amide bonds. The van der Waals surface area contributed by atoms with Gasteiger partial charge in [0.1, 0.15) is 11.6 Å². The Morgan fingerprint density at radius 3 is 2.80 bits per heavy atom. The number of hydrogen-bond acceptors (Lipinski definition) is 4. The van der Waals surface area contributed by atoms with Crippen LogP contribution in [-0.2, 0) is 4.79 Å². The number of hydrogen-bond donors (Lipinski definition) is 3. The summed E-state index contributed by atoms with van der Waals surface area (Å²) in [6.07, 6.45) is 2.86. The number of amides is 1. The predicted molar refractivity (Wildman–Crippen MR) is 73.9 cm³/mol. The van der Waals surface area contributed by atoms with Crippen LogP contribution in [-0.4, -0.2) is 23.5 Å². The van der Waals surface area contributed by atoms with Crippen molar-refractivity contribution in [2.75, 3.05) is 11.9 Å². The Morgan fingerprint density at radius 2 is 2.20 bits per heavy atom. The van der Waals surface area contributed by atoms with Gasteiger partial charge in [0.05, 0.1) is 5.56 Å². The summed E-state index contributed by atoms with van der Waals surface area (Å²) in [6, 6.07) is 7.52. The van der Waals surface area contributed by atoms with Gasteiger partial charge in [-0.25, -0.2) is 4.79 Å². The molecule has 0 aliphatic carbocycles. The van der Waals surface area contributed by atoms with Gasteiger partial charge in [0.25, 0.3) is 5.91 Å². The van der Waals surface area contributed by atoms with E-state index in [2.05, 4.69) is 17.2 Å². The Kier molecular flexibility index (Phi) is 5.53. The average Bonchev–Trinajstić information content (AvgIpc) is 2.43. The van der Waals surface area contributed by atoms with Gasteiger partial charge in [-0.15, -0.1) is 6.58 Å². The van der Waals surface area contributed by atoms with E-state index >= 15 is 0 Å². The first-order valence-electron chi connectivity index (χ1n) is 5.67. The molecule has 0 aromatic heterocycles. The molecule has 0 saturated carbocycles. The van der Waals surface area contributed by atoms with Crippen LogP contribution in [0.2, 0.25) is 0 Å². The van der Waals surface area contributed by atoms with Gasteiger partial charge in [-0.05, 0) is 18.2 Å². The van der Waals surface area contributed by atoms with Gasteiger partial charge >= 0.3 is 5.97 Å². The van der Waals surface area contributed by atoms with Crippen LogP contribution in [0.25, 0.3) is 0 Å². The van der Waals surface area contributed by atoms with Crippen LogP contribution in [0.5, 0.6) is 0 Å². The molecule has 0 saturated heterocycles. The van der Waals surface area contributed by atoms with Gasteiger partial charge in [-0.2, -0.15) is 5.26 Å². The fourth-order valence-electron chi connectivity index (χ4n) is 1.32. The zero-order chi connectivity index (χ0) is 15.0. The number of carbonyl (C=O) groups is 2. The van der Waals surface area contributed by atoms with E-state index < -0.39 is 11.9 Å². The van der Waals surface area contributed by atoms with E-state index in [1.807, 2.05) is 0 Å². The number of benzene rings is 1. The van der Waals surface area contributed by atoms with Crippen LogP contribution in [0.1, 0.15) is 10.4 Å². The Hall–Kier alpha value is -3.07. The Morgan fingerprint density at radius 1 is 1.45 bits per heavy atom. The average molecular weight is 271 g/mol. The maximum atomic E-state index is 11.8. The van der Waals surface area contributed by atoms with Crippen molar-refractivity contribution >= 4 is 17.6 Å². The second-order valence-electron chi connectivity index (χ2n) is 3.71. The quantitative estimate of drug-likeness (QED) is 0.315. The number of aromatic carboxylic acids is 1. The molecule has 1 rings (SSSR count). The number of nitriles is 1. The highest BCUT2D eigenvalue weighted by molar-refractivity contribution is 6.06. The highest BCUT2D eigenvalue weighted by Crippen LogP contribution is 2.11. The molecule has 3 N–H and O–H groups in total. The maximum absolute atomic E-state index is 11.8. The summed E-state index contributed by atoms with van der Waals surface area (Å²) in [7, 11) is 0. The fourth-order valence-corrected chi connectivity index (χ4v) is 1.32. The van der Waals surface area contributed by atoms with Crippen molar-refractivity contribution in [2.45, 2.75) is 0 Å². The number of nitrogens with zero attached hydrogens (tertiary/aromatic N) is 1. The lowest BCUT2D eigenvalue weighted by atomic mass is 10.2. The van der Waals surface area contributed by atoms with E-state index in [1.54, 1.807) is 12.1 Å². The smallest absolute Gasteiger partial charge is 0.335 e. The normalized spacial score (nSPS) is 10.2. The zero-order valence-corrected chi connectivity index (χ0v) is 10.6. The fraction of sp³-hybridized carbons (Fsp3) is 0.0714. The van der Waals surface area contributed by atoms with Gasteiger partial charge < -0.3 is 15.7 Å². The topological polar surface area (TPSA) is 102 Å². The lowest BCUT2D eigenvalue weighted by Gasteiger charge is -2.05. The third-order valence-electron chi connectivity index (χ3n) is 2.24. The first-order chi connectivity index (χ1) is 9.58. The molecule has 6 heteroatoms. The second-order valence-corrected chi connectivity index (χ2v) is 3.71. The highest BCUT2D eigenvalue weighted by atomic mass is 16.4. The Balaban J connectivity index is 2.81. The molecule has 1 aromatic rings. The molecule has 6 nitrogen and oxygen atoms in total. The lowest BCUT2D eigenvalue weighted by molar-refractivity contribution is -0.112. The van der Waals surface area contributed by atoms with E-state index in [0.717, 1.165) is 0 Å². The third-order valence-corrected chi connectivity index (χ3v) is 2.24. The van der Waals surface area contributed by atoms with E-state index in [1.165, 1.54) is 30.5 Å². The van der Waals surface area contributed by atoms with Crippen molar-refractivity contribution < 1.29 is 14.7 Å². The molecule has 20 heavy (non-hydrogen) atoms. The summed E-state index contributed by atoms with van der Waals surface area (Å²) >= 11 is 0. The minimum Gasteiger partial charge on any atom is -0.478 e. The van der Waals surface area contributed by atoms with E-state index in [9.17, 15) is 9.59 Å². The van der Waals surface area contributed by atoms with Crippen LogP contribution in [0.15, 0.2) is 48.7 Å². The predicted octanol–water partition coefficient (Wildman–Crippen LogP) is 1.51. The molecule has 0 bridgehead atoms. The Bertz CT molecular complexity index is 600. The molecule has 0 aliphatic rings. The summed E-state index contributed by atoms with van der Waals surface area (Å²) in [5.41, 5.74) is 0.238. The summed E-state index contributed by atoms with van der Waals surface area (Å²) < 4.78 is 0. The van der Waals surface area contributed by atoms with Crippen molar-refractivity contribution in [3.63, 3.8) is 0 Å².